The first-order valence-corrected chi connectivity index (χ1v) is 27.5. The number of carbonyl (C=O) groups excluding carboxylic acids is 5. The largest absolute Gasteiger partial charge is 0.387 e. The van der Waals surface area contributed by atoms with Crippen LogP contribution in [0.25, 0.3) is 0 Å². The quantitative estimate of drug-likeness (QED) is 0.119. The van der Waals surface area contributed by atoms with E-state index in [1.165, 1.54) is 35.7 Å². The Morgan fingerprint density at radius 3 is 1.47 bits per heavy atom. The van der Waals surface area contributed by atoms with Crippen molar-refractivity contribution in [1.29, 1.82) is 0 Å². The minimum absolute atomic E-state index is 0.109. The third-order valence-electron chi connectivity index (χ3n) is 12.3. The lowest BCUT2D eigenvalue weighted by Crippen LogP contribution is -2.50. The first-order chi connectivity index (χ1) is 34.7. The maximum absolute atomic E-state index is 12.8. The zero-order valence-corrected chi connectivity index (χ0v) is 43.2. The third-order valence-corrected chi connectivity index (χ3v) is 13.5. The van der Waals surface area contributed by atoms with Crippen LogP contribution in [0.15, 0.2) is 60.9 Å². The van der Waals surface area contributed by atoms with Crippen molar-refractivity contribution in [1.82, 2.24) is 49.4 Å². The van der Waals surface area contributed by atoms with Crippen LogP contribution in [0.1, 0.15) is 27.0 Å². The molecule has 27 heteroatoms. The van der Waals surface area contributed by atoms with E-state index >= 15 is 0 Å². The molecular formula is C46H66N14O11S2. The van der Waals surface area contributed by atoms with Gasteiger partial charge in [-0.25, -0.2) is 26.4 Å². The number of amides is 4. The second kappa shape index (κ2) is 25.3. The molecule has 2 aromatic carbocycles. The zero-order chi connectivity index (χ0) is 52.9. The standard InChI is InChI=1S/C23H33N7O5S.C14H18N2O3.C9H15N5O3S/c1-18-3-4-19(20(15-18)27-11-13-28(14-12-27)22(32)17-31)16-26-7-9-29(10-8-26)23(33)30-6-5-21(24-30)25-36(2,34)35;1-11-2-3-12(9-17)13(8-11)15-4-6-16(7-5-15)14(19)10-18;1-18(16,17)12-8-2-5-14(11-8)9(15)13-6-3-10-4-7-13/h3-6,15,31H,7-14,16-17H2,1-2H3,(H,24,25);2-3,8-9,18H,4-7,10H2,1H3;2,5,10H,3-4,6-7H2,1H3,(H,11,12). The Kier molecular flexibility index (Phi) is 19.3. The molecule has 8 rings (SSSR count). The molecule has 4 fully saturated rings. The van der Waals surface area contributed by atoms with Crippen LogP contribution in [0.5, 0.6) is 0 Å². The molecule has 0 spiro atoms. The molecular weight excluding hydrogens is 989 g/mol. The monoisotopic (exact) mass is 1050 g/mol. The van der Waals surface area contributed by atoms with E-state index < -0.39 is 33.3 Å². The molecule has 4 aliphatic rings. The van der Waals surface area contributed by atoms with Gasteiger partial charge in [-0.2, -0.15) is 9.36 Å². The summed E-state index contributed by atoms with van der Waals surface area (Å²) in [7, 11) is -6.84. The average molecular weight is 1060 g/mol. The molecule has 73 heavy (non-hydrogen) atoms. The van der Waals surface area contributed by atoms with E-state index in [4.69, 9.17) is 10.2 Å². The van der Waals surface area contributed by atoms with E-state index in [0.717, 1.165) is 64.7 Å². The van der Waals surface area contributed by atoms with E-state index in [0.29, 0.717) is 97.2 Å². The van der Waals surface area contributed by atoms with Gasteiger partial charge in [-0.05, 0) is 48.7 Å². The number of aryl methyl sites for hydroxylation is 2. The molecule has 0 aliphatic carbocycles. The number of aliphatic hydroxyl groups is 2. The molecule has 0 saturated carbocycles. The number of anilines is 4. The van der Waals surface area contributed by atoms with E-state index in [2.05, 4.69) is 64.8 Å². The number of aliphatic hydroxyl groups excluding tert-OH is 2. The van der Waals surface area contributed by atoms with Gasteiger partial charge >= 0.3 is 12.1 Å². The molecule has 4 aromatic rings. The van der Waals surface area contributed by atoms with Gasteiger partial charge in [0.05, 0.1) is 12.5 Å². The second-order valence-electron chi connectivity index (χ2n) is 18.0. The molecule has 0 radical (unpaired) electrons. The number of aldehydes is 1. The van der Waals surface area contributed by atoms with Crippen LogP contribution >= 0.6 is 0 Å². The molecule has 0 bridgehead atoms. The summed E-state index contributed by atoms with van der Waals surface area (Å²) in [6.07, 6.45) is 5.82. The highest BCUT2D eigenvalue weighted by atomic mass is 32.2. The summed E-state index contributed by atoms with van der Waals surface area (Å²) in [5, 5.41) is 29.0. The smallest absolute Gasteiger partial charge is 0.344 e. The summed E-state index contributed by atoms with van der Waals surface area (Å²) in [5.41, 5.74) is 6.23. The molecule has 0 atom stereocenters. The number of aromatic nitrogens is 4. The molecule has 4 amide bonds. The highest BCUT2D eigenvalue weighted by Gasteiger charge is 2.27. The minimum Gasteiger partial charge on any atom is -0.387 e. The molecule has 25 nitrogen and oxygen atoms in total. The van der Waals surface area contributed by atoms with Crippen LogP contribution in [0.4, 0.5) is 32.6 Å². The van der Waals surface area contributed by atoms with Crippen molar-refractivity contribution in [3.63, 3.8) is 0 Å². The Morgan fingerprint density at radius 1 is 0.589 bits per heavy atom. The van der Waals surface area contributed by atoms with E-state index in [1.807, 2.05) is 25.1 Å². The number of sulfonamides is 2. The Morgan fingerprint density at radius 2 is 1.01 bits per heavy atom. The lowest BCUT2D eigenvalue weighted by Gasteiger charge is -2.38. The summed E-state index contributed by atoms with van der Waals surface area (Å²) >= 11 is 0. The Labute approximate surface area is 425 Å². The topological polar surface area (TPSA) is 288 Å². The molecule has 4 saturated heterocycles. The van der Waals surface area contributed by atoms with Crippen molar-refractivity contribution in [3.05, 3.63) is 83.2 Å². The Balaban J connectivity index is 0.000000197. The number of carbonyl (C=O) groups is 5. The van der Waals surface area contributed by atoms with Crippen LogP contribution in [-0.4, -0.2) is 232 Å². The molecule has 5 N–H and O–H groups in total. The van der Waals surface area contributed by atoms with Gasteiger partial charge in [-0.3, -0.25) is 28.7 Å². The number of nitrogens with zero attached hydrogens (tertiary/aromatic N) is 11. The number of hydrogen-bond acceptors (Lipinski definition) is 17. The SMILES string of the molecule is CS(=O)(=O)Nc1ccn(C(=O)N2CCNCC2)n1.Cc1ccc(C=O)c(N2CCN(C(=O)CO)CC2)c1.Cc1ccc(CN2CCN(C(=O)n3ccc(NS(C)(=O)=O)n3)CC2)c(N2CCN(C(=O)CO)CC2)c1. The second-order valence-corrected chi connectivity index (χ2v) is 21.5. The first kappa shape index (κ1) is 55.7. The molecule has 2 aromatic heterocycles. The van der Waals surface area contributed by atoms with E-state index in [1.54, 1.807) is 19.6 Å². The van der Waals surface area contributed by atoms with Crippen molar-refractivity contribution < 1.29 is 51.0 Å². The number of piperazine rings is 4. The van der Waals surface area contributed by atoms with Crippen LogP contribution in [0, 0.1) is 13.8 Å². The van der Waals surface area contributed by atoms with Gasteiger partial charge in [-0.15, -0.1) is 10.2 Å². The number of rotatable bonds is 11. The predicted molar refractivity (Wildman–Crippen MR) is 274 cm³/mol. The van der Waals surface area contributed by atoms with Crippen LogP contribution in [0.3, 0.4) is 0 Å². The fraction of sp³-hybridized carbons (Fsp3) is 0.500. The van der Waals surface area contributed by atoms with E-state index in [9.17, 15) is 40.8 Å². The summed E-state index contributed by atoms with van der Waals surface area (Å²) in [6.45, 7) is 14.2. The normalized spacial score (nSPS) is 16.7. The van der Waals surface area contributed by atoms with Gasteiger partial charge in [0.15, 0.2) is 17.9 Å². The van der Waals surface area contributed by atoms with Crippen LogP contribution in [-0.2, 0) is 36.2 Å². The molecule has 6 heterocycles. The summed E-state index contributed by atoms with van der Waals surface area (Å²) in [4.78, 5) is 72.5. The maximum atomic E-state index is 12.8. The van der Waals surface area contributed by atoms with Gasteiger partial charge in [0.2, 0.25) is 31.9 Å². The summed E-state index contributed by atoms with van der Waals surface area (Å²) in [6, 6.07) is 14.5. The number of nitrogens with one attached hydrogen (secondary N) is 3. The fourth-order valence-corrected chi connectivity index (χ4v) is 9.53. The predicted octanol–water partition coefficient (Wildman–Crippen LogP) is -0.434. The average Bonchev–Trinajstić information content (AvgIpc) is 4.05. The van der Waals surface area contributed by atoms with Crippen LogP contribution < -0.4 is 24.6 Å². The summed E-state index contributed by atoms with van der Waals surface area (Å²) in [5.74, 6) is -0.219. The van der Waals surface area contributed by atoms with Crippen molar-refractivity contribution in [2.45, 2.75) is 20.4 Å². The van der Waals surface area contributed by atoms with Crippen molar-refractivity contribution in [2.24, 2.45) is 0 Å². The fourth-order valence-electron chi connectivity index (χ4n) is 8.56. The number of benzene rings is 2. The van der Waals surface area contributed by atoms with Gasteiger partial charge in [0, 0.05) is 153 Å². The lowest BCUT2D eigenvalue weighted by molar-refractivity contribution is -0.135. The van der Waals surface area contributed by atoms with Gasteiger partial charge in [0.25, 0.3) is 0 Å². The highest BCUT2D eigenvalue weighted by Crippen LogP contribution is 2.26. The van der Waals surface area contributed by atoms with Crippen molar-refractivity contribution >= 4 is 73.2 Å². The molecule has 4 aliphatic heterocycles. The van der Waals surface area contributed by atoms with Gasteiger partial charge in [0.1, 0.15) is 13.2 Å². The minimum atomic E-state index is -3.46. The Hall–Kier alpha value is -6.65. The first-order valence-electron chi connectivity index (χ1n) is 23.7. The van der Waals surface area contributed by atoms with Crippen LogP contribution in [0.2, 0.25) is 0 Å². The Bertz CT molecular complexity index is 2780. The van der Waals surface area contributed by atoms with Crippen molar-refractivity contribution in [3.8, 4) is 0 Å². The highest BCUT2D eigenvalue weighted by molar-refractivity contribution is 7.92. The zero-order valence-electron chi connectivity index (χ0n) is 41.6. The molecule has 0 unspecified atom stereocenters. The lowest BCUT2D eigenvalue weighted by atomic mass is 10.1. The molecule has 398 valence electrons. The van der Waals surface area contributed by atoms with Gasteiger partial charge in [-0.1, -0.05) is 18.2 Å². The maximum Gasteiger partial charge on any atom is 0.344 e. The van der Waals surface area contributed by atoms with Crippen molar-refractivity contribution in [2.75, 3.05) is 150 Å². The van der Waals surface area contributed by atoms with E-state index in [-0.39, 0.29) is 35.5 Å². The van der Waals surface area contributed by atoms with Gasteiger partial charge < -0.3 is 44.9 Å². The summed E-state index contributed by atoms with van der Waals surface area (Å²) < 4.78 is 51.6. The number of hydrogen-bond donors (Lipinski definition) is 5. The third kappa shape index (κ3) is 16.2.